The lowest BCUT2D eigenvalue weighted by atomic mass is 10.2. The van der Waals surface area contributed by atoms with Gasteiger partial charge in [0.1, 0.15) is 0 Å². The van der Waals surface area contributed by atoms with Gasteiger partial charge in [-0.05, 0) is 20.3 Å². The van der Waals surface area contributed by atoms with Gasteiger partial charge in [-0.25, -0.2) is 14.8 Å². The van der Waals surface area contributed by atoms with Crippen LogP contribution in [-0.2, 0) is 4.74 Å². The van der Waals surface area contributed by atoms with Crippen molar-refractivity contribution >= 4 is 11.9 Å². The van der Waals surface area contributed by atoms with E-state index in [1.54, 1.807) is 6.92 Å². The fourth-order valence-corrected chi connectivity index (χ4v) is 1.21. The minimum absolute atomic E-state index is 0.0773. The molecule has 17 heavy (non-hydrogen) atoms. The van der Waals surface area contributed by atoms with Crippen LogP contribution in [0.5, 0.6) is 0 Å². The summed E-state index contributed by atoms with van der Waals surface area (Å²) in [7, 11) is 0. The Labute approximate surface area is 100 Å². The lowest BCUT2D eigenvalue weighted by molar-refractivity contribution is 0.0525. The number of aliphatic hydroxyl groups excluding tert-OH is 1. The van der Waals surface area contributed by atoms with Crippen molar-refractivity contribution in [3.05, 3.63) is 18.0 Å². The first-order valence-electron chi connectivity index (χ1n) is 5.54. The minimum Gasteiger partial charge on any atom is -0.462 e. The van der Waals surface area contributed by atoms with Gasteiger partial charge < -0.3 is 15.2 Å². The summed E-state index contributed by atoms with van der Waals surface area (Å²) in [6.45, 7) is 4.09. The van der Waals surface area contributed by atoms with Crippen molar-refractivity contribution in [2.24, 2.45) is 0 Å². The molecule has 1 heterocycles. The monoisotopic (exact) mass is 239 g/mol. The van der Waals surface area contributed by atoms with E-state index in [0.717, 1.165) is 0 Å². The van der Waals surface area contributed by atoms with Crippen LogP contribution in [-0.4, -0.2) is 40.3 Å². The number of ether oxygens (including phenoxy) is 1. The maximum Gasteiger partial charge on any atom is 0.341 e. The first-order chi connectivity index (χ1) is 8.17. The van der Waals surface area contributed by atoms with Gasteiger partial charge in [-0.2, -0.15) is 0 Å². The van der Waals surface area contributed by atoms with Crippen LogP contribution in [0.25, 0.3) is 0 Å². The summed E-state index contributed by atoms with van der Waals surface area (Å²) in [5, 5.41) is 11.8. The Morgan fingerprint density at radius 2 is 2.18 bits per heavy atom. The summed E-state index contributed by atoms with van der Waals surface area (Å²) in [5.41, 5.74) is 0.326. The number of carbonyl (C=O) groups is 1. The lowest BCUT2D eigenvalue weighted by Gasteiger charge is -2.11. The third-order valence-electron chi connectivity index (χ3n) is 2.10. The second kappa shape index (κ2) is 6.80. The highest BCUT2D eigenvalue weighted by Crippen LogP contribution is 2.04. The molecule has 1 unspecified atom stereocenters. The van der Waals surface area contributed by atoms with Crippen molar-refractivity contribution in [3.63, 3.8) is 0 Å². The molecule has 0 saturated heterocycles. The van der Waals surface area contributed by atoms with Gasteiger partial charge in [0, 0.05) is 25.0 Å². The van der Waals surface area contributed by atoms with E-state index < -0.39 is 5.97 Å². The molecule has 0 aliphatic carbocycles. The summed E-state index contributed by atoms with van der Waals surface area (Å²) in [6.07, 6.45) is 3.45. The van der Waals surface area contributed by atoms with Crippen LogP contribution in [0, 0.1) is 0 Å². The van der Waals surface area contributed by atoms with E-state index in [0.29, 0.717) is 24.5 Å². The van der Waals surface area contributed by atoms with Gasteiger partial charge in [0.05, 0.1) is 12.2 Å². The molecular weight excluding hydrogens is 222 g/mol. The molecule has 0 aliphatic rings. The zero-order valence-corrected chi connectivity index (χ0v) is 10.0. The Bertz CT molecular complexity index is 353. The molecule has 0 spiro atoms. The second-order valence-corrected chi connectivity index (χ2v) is 3.57. The van der Waals surface area contributed by atoms with Gasteiger partial charge in [0.15, 0.2) is 0 Å². The Hall–Kier alpha value is -1.69. The van der Waals surface area contributed by atoms with E-state index in [1.807, 2.05) is 6.92 Å². The van der Waals surface area contributed by atoms with Crippen LogP contribution in [0.3, 0.4) is 0 Å². The van der Waals surface area contributed by atoms with E-state index in [1.165, 1.54) is 12.4 Å². The average Bonchev–Trinajstić information content (AvgIpc) is 2.30. The smallest absolute Gasteiger partial charge is 0.341 e. The molecule has 0 saturated carbocycles. The number of nitrogens with zero attached hydrogens (tertiary/aromatic N) is 2. The summed E-state index contributed by atoms with van der Waals surface area (Å²) >= 11 is 0. The molecule has 0 fully saturated rings. The zero-order valence-electron chi connectivity index (χ0n) is 10.0. The molecule has 1 rings (SSSR count). The Kier molecular flexibility index (Phi) is 5.35. The maximum atomic E-state index is 11.3. The number of rotatable bonds is 6. The summed E-state index contributed by atoms with van der Waals surface area (Å²) in [4.78, 5) is 19.3. The number of anilines is 1. The highest BCUT2D eigenvalue weighted by molar-refractivity contribution is 5.88. The summed E-state index contributed by atoms with van der Waals surface area (Å²) in [5.74, 6) is 0.00135. The normalized spacial score (nSPS) is 11.9. The molecule has 0 aliphatic heterocycles. The topological polar surface area (TPSA) is 84.3 Å². The molecule has 0 aromatic carbocycles. The van der Waals surface area contributed by atoms with Crippen LogP contribution < -0.4 is 5.32 Å². The van der Waals surface area contributed by atoms with Crippen molar-refractivity contribution in [2.45, 2.75) is 26.3 Å². The largest absolute Gasteiger partial charge is 0.462 e. The molecule has 0 bridgehead atoms. The summed E-state index contributed by atoms with van der Waals surface area (Å²) in [6, 6.07) is 0.0773. The van der Waals surface area contributed by atoms with E-state index >= 15 is 0 Å². The maximum absolute atomic E-state index is 11.3. The van der Waals surface area contributed by atoms with Gasteiger partial charge >= 0.3 is 5.97 Å². The number of hydrogen-bond acceptors (Lipinski definition) is 6. The van der Waals surface area contributed by atoms with Crippen LogP contribution >= 0.6 is 0 Å². The first kappa shape index (κ1) is 13.4. The van der Waals surface area contributed by atoms with Crippen molar-refractivity contribution in [2.75, 3.05) is 18.5 Å². The third kappa shape index (κ3) is 4.36. The fraction of sp³-hybridized carbons (Fsp3) is 0.545. The van der Waals surface area contributed by atoms with Crippen LogP contribution in [0.4, 0.5) is 5.95 Å². The van der Waals surface area contributed by atoms with Crippen LogP contribution in [0.2, 0.25) is 0 Å². The quantitative estimate of drug-likeness (QED) is 0.715. The Morgan fingerprint density at radius 1 is 1.53 bits per heavy atom. The molecule has 0 radical (unpaired) electrons. The lowest BCUT2D eigenvalue weighted by Crippen LogP contribution is -2.18. The molecule has 0 amide bonds. The molecule has 6 nitrogen and oxygen atoms in total. The molecule has 94 valence electrons. The van der Waals surface area contributed by atoms with Gasteiger partial charge in [-0.3, -0.25) is 0 Å². The predicted octanol–water partition coefficient (Wildman–Crippen LogP) is 0.836. The standard InChI is InChI=1S/C11H17N3O3/c1-3-17-10(16)9-6-12-11(13-7-9)14-8(2)4-5-15/h6-8,15H,3-5H2,1-2H3,(H,12,13,14). The van der Waals surface area contributed by atoms with Gasteiger partial charge in [-0.15, -0.1) is 0 Å². The van der Waals surface area contributed by atoms with Gasteiger partial charge in [0.2, 0.25) is 5.95 Å². The van der Waals surface area contributed by atoms with Crippen LogP contribution in [0.15, 0.2) is 12.4 Å². The van der Waals surface area contributed by atoms with Crippen molar-refractivity contribution in [1.82, 2.24) is 9.97 Å². The SMILES string of the molecule is CCOC(=O)c1cnc(NC(C)CCO)nc1. The van der Waals surface area contributed by atoms with E-state index in [2.05, 4.69) is 15.3 Å². The van der Waals surface area contributed by atoms with Crippen molar-refractivity contribution in [3.8, 4) is 0 Å². The second-order valence-electron chi connectivity index (χ2n) is 3.57. The predicted molar refractivity (Wildman–Crippen MR) is 62.8 cm³/mol. The van der Waals surface area contributed by atoms with Gasteiger partial charge in [-0.1, -0.05) is 0 Å². The minimum atomic E-state index is -0.428. The molecular formula is C11H17N3O3. The average molecular weight is 239 g/mol. The molecule has 1 aromatic rings. The van der Waals surface area contributed by atoms with Crippen molar-refractivity contribution in [1.29, 1.82) is 0 Å². The number of aromatic nitrogens is 2. The van der Waals surface area contributed by atoms with Crippen LogP contribution in [0.1, 0.15) is 30.6 Å². The number of nitrogens with one attached hydrogen (secondary N) is 1. The number of aliphatic hydroxyl groups is 1. The highest BCUT2D eigenvalue weighted by atomic mass is 16.5. The number of carbonyl (C=O) groups excluding carboxylic acids is 1. The Balaban J connectivity index is 2.58. The molecule has 1 aromatic heterocycles. The summed E-state index contributed by atoms with van der Waals surface area (Å²) < 4.78 is 4.82. The number of esters is 1. The van der Waals surface area contributed by atoms with E-state index in [4.69, 9.17) is 9.84 Å². The van der Waals surface area contributed by atoms with Crippen molar-refractivity contribution < 1.29 is 14.6 Å². The first-order valence-corrected chi connectivity index (χ1v) is 5.54. The Morgan fingerprint density at radius 3 is 2.71 bits per heavy atom. The van der Waals surface area contributed by atoms with E-state index in [-0.39, 0.29) is 12.6 Å². The zero-order chi connectivity index (χ0) is 12.7. The number of hydrogen-bond donors (Lipinski definition) is 2. The molecule has 6 heteroatoms. The third-order valence-corrected chi connectivity index (χ3v) is 2.10. The fourth-order valence-electron chi connectivity index (χ4n) is 1.21. The van der Waals surface area contributed by atoms with Gasteiger partial charge in [0.25, 0.3) is 0 Å². The molecule has 2 N–H and O–H groups in total. The van der Waals surface area contributed by atoms with E-state index in [9.17, 15) is 4.79 Å². The highest BCUT2D eigenvalue weighted by Gasteiger charge is 2.08. The molecule has 1 atom stereocenters.